The van der Waals surface area contributed by atoms with E-state index in [-0.39, 0.29) is 17.0 Å². The number of nitrogens with two attached hydrogens (primary N) is 1. The van der Waals surface area contributed by atoms with E-state index in [9.17, 15) is 12.8 Å². The first-order valence-corrected chi connectivity index (χ1v) is 8.09. The molecule has 2 aromatic rings. The highest BCUT2D eigenvalue weighted by molar-refractivity contribution is 7.93. The summed E-state index contributed by atoms with van der Waals surface area (Å²) in [6.07, 6.45) is 0. The van der Waals surface area contributed by atoms with Crippen LogP contribution in [0.4, 0.5) is 9.52 Å². The van der Waals surface area contributed by atoms with Crippen LogP contribution in [0, 0.1) is 19.7 Å². The Kier molecular flexibility index (Phi) is 4.07. The number of halogens is 1. The maximum absolute atomic E-state index is 13.3. The number of thiazole rings is 1. The van der Waals surface area contributed by atoms with E-state index >= 15 is 0 Å². The molecule has 0 saturated carbocycles. The van der Waals surface area contributed by atoms with Gasteiger partial charge in [0.15, 0.2) is 5.13 Å². The van der Waals surface area contributed by atoms with E-state index in [4.69, 9.17) is 5.73 Å². The Labute approximate surface area is 120 Å². The molecule has 0 unspecified atom stereocenters. The molecule has 8 heteroatoms. The highest BCUT2D eigenvalue weighted by atomic mass is 32.2. The Hall–Kier alpha value is -1.51. The van der Waals surface area contributed by atoms with Crippen molar-refractivity contribution in [2.75, 3.05) is 4.72 Å². The van der Waals surface area contributed by atoms with Crippen molar-refractivity contribution in [2.24, 2.45) is 5.73 Å². The number of benzene rings is 1. The molecule has 0 radical (unpaired) electrons. The molecule has 2 rings (SSSR count). The second-order valence-electron chi connectivity index (χ2n) is 4.22. The molecule has 0 aliphatic carbocycles. The summed E-state index contributed by atoms with van der Waals surface area (Å²) in [7, 11) is -3.79. The fourth-order valence-corrected chi connectivity index (χ4v) is 3.66. The molecule has 0 spiro atoms. The molecule has 0 saturated heterocycles. The van der Waals surface area contributed by atoms with Gasteiger partial charge in [0, 0.05) is 17.0 Å². The number of sulfonamides is 1. The van der Waals surface area contributed by atoms with Gasteiger partial charge >= 0.3 is 0 Å². The Morgan fingerprint density at radius 2 is 2.10 bits per heavy atom. The number of rotatable bonds is 4. The van der Waals surface area contributed by atoms with Crippen LogP contribution in [0.5, 0.6) is 0 Å². The van der Waals surface area contributed by atoms with Crippen molar-refractivity contribution in [1.82, 2.24) is 4.98 Å². The number of nitrogens with one attached hydrogen (secondary N) is 1. The van der Waals surface area contributed by atoms with Gasteiger partial charge in [-0.3, -0.25) is 4.72 Å². The van der Waals surface area contributed by atoms with E-state index in [0.717, 1.165) is 16.6 Å². The van der Waals surface area contributed by atoms with Gasteiger partial charge in [-0.1, -0.05) is 0 Å². The molecule has 0 fully saturated rings. The quantitative estimate of drug-likeness (QED) is 0.905. The Morgan fingerprint density at radius 3 is 2.65 bits per heavy atom. The first kappa shape index (κ1) is 14.9. The molecule has 0 aliphatic heterocycles. The van der Waals surface area contributed by atoms with Crippen LogP contribution in [-0.2, 0) is 16.6 Å². The standard InChI is InChI=1S/C12H14FN3O2S2/c1-7-8(2)19-12(15-7)16-20(17,18)10-3-4-11(13)9(5-10)6-14/h3-5H,6,14H2,1-2H3,(H,15,16). The number of nitrogens with zero attached hydrogens (tertiary/aromatic N) is 1. The number of aryl methyl sites for hydroxylation is 2. The molecule has 1 aromatic heterocycles. The van der Waals surface area contributed by atoms with Crippen LogP contribution in [0.3, 0.4) is 0 Å². The molecule has 1 aromatic carbocycles. The maximum Gasteiger partial charge on any atom is 0.263 e. The topological polar surface area (TPSA) is 85.1 Å². The van der Waals surface area contributed by atoms with Crippen molar-refractivity contribution >= 4 is 26.5 Å². The van der Waals surface area contributed by atoms with Crippen molar-refractivity contribution in [3.63, 3.8) is 0 Å². The lowest BCUT2D eigenvalue weighted by molar-refractivity contribution is 0.596. The summed E-state index contributed by atoms with van der Waals surface area (Å²) < 4.78 is 40.1. The fraction of sp³-hybridized carbons (Fsp3) is 0.250. The molecule has 0 amide bonds. The van der Waals surface area contributed by atoms with Crippen molar-refractivity contribution < 1.29 is 12.8 Å². The number of hydrogen-bond acceptors (Lipinski definition) is 5. The van der Waals surface area contributed by atoms with E-state index in [1.807, 2.05) is 6.92 Å². The first-order chi connectivity index (χ1) is 9.33. The molecule has 0 bridgehead atoms. The number of aromatic nitrogens is 1. The molecule has 0 aliphatic rings. The summed E-state index contributed by atoms with van der Waals surface area (Å²) in [6.45, 7) is 3.59. The average molecular weight is 315 g/mol. The SMILES string of the molecule is Cc1nc(NS(=O)(=O)c2ccc(F)c(CN)c2)sc1C. The molecular weight excluding hydrogens is 301 g/mol. The zero-order chi connectivity index (χ0) is 14.9. The summed E-state index contributed by atoms with van der Waals surface area (Å²) >= 11 is 1.25. The van der Waals surface area contributed by atoms with Gasteiger partial charge < -0.3 is 5.73 Å². The molecule has 5 nitrogen and oxygen atoms in total. The largest absolute Gasteiger partial charge is 0.326 e. The summed E-state index contributed by atoms with van der Waals surface area (Å²) in [5, 5.41) is 0.290. The molecule has 0 atom stereocenters. The van der Waals surface area contributed by atoms with Crippen LogP contribution >= 0.6 is 11.3 Å². The van der Waals surface area contributed by atoms with Crippen LogP contribution < -0.4 is 10.5 Å². The lowest BCUT2D eigenvalue weighted by atomic mass is 10.2. The Morgan fingerprint density at radius 1 is 1.40 bits per heavy atom. The van der Waals surface area contributed by atoms with Gasteiger partial charge in [0.2, 0.25) is 0 Å². The minimum atomic E-state index is -3.79. The van der Waals surface area contributed by atoms with Gasteiger partial charge in [0.25, 0.3) is 10.0 Å². The summed E-state index contributed by atoms with van der Waals surface area (Å²) in [5.74, 6) is -0.521. The monoisotopic (exact) mass is 315 g/mol. The predicted octanol–water partition coefficient (Wildman–Crippen LogP) is 2.16. The predicted molar refractivity (Wildman–Crippen MR) is 76.7 cm³/mol. The van der Waals surface area contributed by atoms with Crippen molar-refractivity contribution in [2.45, 2.75) is 25.3 Å². The van der Waals surface area contributed by atoms with Crippen LogP contribution in [0.15, 0.2) is 23.1 Å². The van der Waals surface area contributed by atoms with Gasteiger partial charge in [-0.05, 0) is 32.0 Å². The van der Waals surface area contributed by atoms with E-state index in [1.54, 1.807) is 6.92 Å². The van der Waals surface area contributed by atoms with Gasteiger partial charge in [-0.2, -0.15) is 0 Å². The fourth-order valence-electron chi connectivity index (χ4n) is 1.56. The normalized spacial score (nSPS) is 11.6. The van der Waals surface area contributed by atoms with E-state index < -0.39 is 15.8 Å². The van der Waals surface area contributed by atoms with Crippen LogP contribution in [0.2, 0.25) is 0 Å². The number of anilines is 1. The smallest absolute Gasteiger partial charge is 0.263 e. The van der Waals surface area contributed by atoms with Gasteiger partial charge in [0.05, 0.1) is 10.6 Å². The van der Waals surface area contributed by atoms with E-state index in [0.29, 0.717) is 5.13 Å². The average Bonchev–Trinajstić information content (AvgIpc) is 2.67. The molecule has 1 heterocycles. The minimum Gasteiger partial charge on any atom is -0.326 e. The molecule has 20 heavy (non-hydrogen) atoms. The van der Waals surface area contributed by atoms with E-state index in [2.05, 4.69) is 9.71 Å². The summed E-state index contributed by atoms with van der Waals surface area (Å²) in [5.41, 5.74) is 6.30. The minimum absolute atomic E-state index is 0.0372. The lowest BCUT2D eigenvalue weighted by Gasteiger charge is -2.07. The third-order valence-electron chi connectivity index (χ3n) is 2.80. The lowest BCUT2D eigenvalue weighted by Crippen LogP contribution is -2.14. The van der Waals surface area contributed by atoms with Crippen LogP contribution in [0.1, 0.15) is 16.1 Å². The second-order valence-corrected chi connectivity index (χ2v) is 7.11. The van der Waals surface area contributed by atoms with Crippen molar-refractivity contribution in [3.05, 3.63) is 40.2 Å². The Balaban J connectivity index is 2.35. The van der Waals surface area contributed by atoms with Crippen LogP contribution in [0.25, 0.3) is 0 Å². The van der Waals surface area contributed by atoms with Gasteiger partial charge in [0.1, 0.15) is 5.82 Å². The third-order valence-corrected chi connectivity index (χ3v) is 5.25. The highest BCUT2D eigenvalue weighted by Gasteiger charge is 2.18. The first-order valence-electron chi connectivity index (χ1n) is 5.79. The van der Waals surface area contributed by atoms with Crippen LogP contribution in [-0.4, -0.2) is 13.4 Å². The molecule has 3 N–H and O–H groups in total. The second kappa shape index (κ2) is 5.47. The van der Waals surface area contributed by atoms with E-state index in [1.165, 1.54) is 23.5 Å². The number of hydrogen-bond donors (Lipinski definition) is 2. The van der Waals surface area contributed by atoms with Gasteiger partial charge in [-0.15, -0.1) is 11.3 Å². The van der Waals surface area contributed by atoms with Gasteiger partial charge in [-0.25, -0.2) is 17.8 Å². The zero-order valence-electron chi connectivity index (χ0n) is 11.0. The summed E-state index contributed by atoms with van der Waals surface area (Å²) in [4.78, 5) is 5.01. The molecule has 108 valence electrons. The highest BCUT2D eigenvalue weighted by Crippen LogP contribution is 2.24. The zero-order valence-corrected chi connectivity index (χ0v) is 12.6. The third kappa shape index (κ3) is 2.97. The van der Waals surface area contributed by atoms with Crippen molar-refractivity contribution in [1.29, 1.82) is 0 Å². The maximum atomic E-state index is 13.3. The Bertz CT molecular complexity index is 722. The molecular formula is C12H14FN3O2S2. The summed E-state index contributed by atoms with van der Waals surface area (Å²) in [6, 6.07) is 3.52. The van der Waals surface area contributed by atoms with Crippen molar-refractivity contribution in [3.8, 4) is 0 Å².